The lowest BCUT2D eigenvalue weighted by molar-refractivity contribution is 0.0918. The van der Waals surface area contributed by atoms with Gasteiger partial charge in [0.2, 0.25) is 11.6 Å². The number of aliphatic hydroxyl groups excluding tert-OH is 1. The molecule has 0 saturated heterocycles. The minimum Gasteiger partial charge on any atom is -0.464 e. The number of halogens is 4. The van der Waals surface area contributed by atoms with Gasteiger partial charge in [0.05, 0.1) is 0 Å². The van der Waals surface area contributed by atoms with E-state index in [4.69, 9.17) is 5.11 Å². The third-order valence-electron chi connectivity index (χ3n) is 1.66. The highest BCUT2D eigenvalue weighted by Gasteiger charge is 2.23. The summed E-state index contributed by atoms with van der Waals surface area (Å²) in [5.41, 5.74) is -0.532. The van der Waals surface area contributed by atoms with Crippen molar-refractivity contribution in [2.45, 2.75) is 6.92 Å². The average Bonchev–Trinajstić information content (AvgIpc) is 2.19. The highest BCUT2D eigenvalue weighted by molar-refractivity contribution is 5.36. The van der Waals surface area contributed by atoms with Gasteiger partial charge < -0.3 is 9.84 Å². The first-order chi connectivity index (χ1) is 6.50. The number of hydrogen-bond donors (Lipinski definition) is 1. The first-order valence-electron chi connectivity index (χ1n) is 3.56. The molecule has 6 heteroatoms. The summed E-state index contributed by atoms with van der Waals surface area (Å²) >= 11 is 0. The van der Waals surface area contributed by atoms with Gasteiger partial charge in [0.15, 0.2) is 24.2 Å². The highest BCUT2D eigenvalue weighted by atomic mass is 19.2. The summed E-state index contributed by atoms with van der Waals surface area (Å²) in [5.74, 6) is -7.88. The predicted molar refractivity (Wildman–Crippen MR) is 38.7 cm³/mol. The van der Waals surface area contributed by atoms with Gasteiger partial charge in [-0.3, -0.25) is 0 Å². The number of aliphatic hydroxyl groups is 1. The predicted octanol–water partition coefficient (Wildman–Crippen LogP) is 1.88. The van der Waals surface area contributed by atoms with Crippen molar-refractivity contribution in [3.05, 3.63) is 28.8 Å². The van der Waals surface area contributed by atoms with E-state index in [1.165, 1.54) is 0 Å². The summed E-state index contributed by atoms with van der Waals surface area (Å²) in [7, 11) is 0. The molecule has 0 aromatic heterocycles. The zero-order valence-electron chi connectivity index (χ0n) is 7.07. The molecule has 2 nitrogen and oxygen atoms in total. The molecule has 0 aliphatic rings. The van der Waals surface area contributed by atoms with Crippen LogP contribution >= 0.6 is 0 Å². The average molecular weight is 210 g/mol. The summed E-state index contributed by atoms with van der Waals surface area (Å²) in [6.45, 7) is 0.0498. The van der Waals surface area contributed by atoms with E-state index in [1.807, 2.05) is 0 Å². The van der Waals surface area contributed by atoms with E-state index in [0.717, 1.165) is 6.92 Å². The minimum atomic E-state index is -1.96. The Kier molecular flexibility index (Phi) is 2.95. The summed E-state index contributed by atoms with van der Waals surface area (Å²) < 4.78 is 55.1. The van der Waals surface area contributed by atoms with Gasteiger partial charge in [-0.25, -0.2) is 13.2 Å². The van der Waals surface area contributed by atoms with Crippen molar-refractivity contribution < 1.29 is 27.4 Å². The lowest BCUT2D eigenvalue weighted by Gasteiger charge is -2.09. The van der Waals surface area contributed by atoms with Crippen LogP contribution in [0.4, 0.5) is 17.6 Å². The van der Waals surface area contributed by atoms with E-state index in [2.05, 4.69) is 4.74 Å². The van der Waals surface area contributed by atoms with Crippen molar-refractivity contribution in [3.63, 3.8) is 0 Å². The largest absolute Gasteiger partial charge is 0.464 e. The normalized spacial score (nSPS) is 10.4. The van der Waals surface area contributed by atoms with Gasteiger partial charge in [-0.2, -0.15) is 4.39 Å². The maximum atomic E-state index is 12.9. The van der Waals surface area contributed by atoms with Crippen molar-refractivity contribution >= 4 is 0 Å². The molecule has 1 aromatic rings. The summed E-state index contributed by atoms with van der Waals surface area (Å²) in [6.07, 6.45) is 0. The molecule has 0 aliphatic heterocycles. The Bertz CT molecular complexity index is 336. The Morgan fingerprint density at radius 1 is 1.00 bits per heavy atom. The maximum Gasteiger partial charge on any atom is 0.204 e. The fourth-order valence-corrected chi connectivity index (χ4v) is 0.957. The zero-order chi connectivity index (χ0) is 10.9. The van der Waals surface area contributed by atoms with Crippen LogP contribution in [-0.2, 0) is 0 Å². The molecule has 0 unspecified atom stereocenters. The van der Waals surface area contributed by atoms with Gasteiger partial charge in [-0.15, -0.1) is 0 Å². The van der Waals surface area contributed by atoms with Crippen molar-refractivity contribution in [3.8, 4) is 5.75 Å². The molecule has 0 spiro atoms. The summed E-state index contributed by atoms with van der Waals surface area (Å²) in [4.78, 5) is 0. The molecule has 0 bridgehead atoms. The van der Waals surface area contributed by atoms with Gasteiger partial charge in [-0.1, -0.05) is 0 Å². The highest BCUT2D eigenvalue weighted by Crippen LogP contribution is 2.29. The van der Waals surface area contributed by atoms with Gasteiger partial charge in [-0.05, 0) is 6.92 Å². The van der Waals surface area contributed by atoms with E-state index in [9.17, 15) is 17.6 Å². The van der Waals surface area contributed by atoms with E-state index < -0.39 is 41.4 Å². The maximum absolute atomic E-state index is 12.9. The van der Waals surface area contributed by atoms with Crippen LogP contribution in [-0.4, -0.2) is 11.9 Å². The molecular formula is C8H6F4O2. The molecule has 0 atom stereocenters. The Balaban J connectivity index is 3.43. The molecule has 14 heavy (non-hydrogen) atoms. The second kappa shape index (κ2) is 3.83. The number of hydrogen-bond acceptors (Lipinski definition) is 2. The van der Waals surface area contributed by atoms with Gasteiger partial charge in [0, 0.05) is 5.56 Å². The van der Waals surface area contributed by atoms with Crippen LogP contribution in [0.25, 0.3) is 0 Å². The Labute approximate surface area is 76.7 Å². The lowest BCUT2D eigenvalue weighted by Crippen LogP contribution is -2.06. The smallest absolute Gasteiger partial charge is 0.204 e. The van der Waals surface area contributed by atoms with Gasteiger partial charge in [0.1, 0.15) is 0 Å². The van der Waals surface area contributed by atoms with Crippen molar-refractivity contribution in [2.75, 3.05) is 6.79 Å². The molecule has 1 rings (SSSR count). The lowest BCUT2D eigenvalue weighted by atomic mass is 10.2. The van der Waals surface area contributed by atoms with Crippen LogP contribution in [0.1, 0.15) is 5.56 Å². The zero-order valence-corrected chi connectivity index (χ0v) is 7.07. The van der Waals surface area contributed by atoms with Crippen molar-refractivity contribution in [2.24, 2.45) is 0 Å². The Morgan fingerprint density at radius 2 is 1.50 bits per heavy atom. The third kappa shape index (κ3) is 1.52. The number of benzene rings is 1. The van der Waals surface area contributed by atoms with E-state index in [0.29, 0.717) is 0 Å². The molecular weight excluding hydrogens is 204 g/mol. The van der Waals surface area contributed by atoms with E-state index >= 15 is 0 Å². The quantitative estimate of drug-likeness (QED) is 0.349. The molecule has 0 saturated carbocycles. The van der Waals surface area contributed by atoms with Crippen LogP contribution < -0.4 is 4.74 Å². The van der Waals surface area contributed by atoms with Crippen molar-refractivity contribution in [1.29, 1.82) is 0 Å². The van der Waals surface area contributed by atoms with Crippen LogP contribution in [0.2, 0.25) is 0 Å². The van der Waals surface area contributed by atoms with Gasteiger partial charge in [0.25, 0.3) is 0 Å². The molecule has 0 aliphatic carbocycles. The van der Waals surface area contributed by atoms with Gasteiger partial charge >= 0.3 is 0 Å². The standard InChI is InChI=1S/C8H6F4O2/c1-3-4(9)5(10)6(11)7(12)8(3)14-2-13/h13H,2H2,1H3. The molecule has 0 heterocycles. The van der Waals surface area contributed by atoms with Crippen molar-refractivity contribution in [1.82, 2.24) is 0 Å². The third-order valence-corrected chi connectivity index (χ3v) is 1.66. The Morgan fingerprint density at radius 3 is 2.00 bits per heavy atom. The fourth-order valence-electron chi connectivity index (χ4n) is 0.957. The monoisotopic (exact) mass is 210 g/mol. The first-order valence-corrected chi connectivity index (χ1v) is 3.56. The molecule has 0 radical (unpaired) electrons. The topological polar surface area (TPSA) is 29.5 Å². The molecule has 0 fully saturated rings. The van der Waals surface area contributed by atoms with E-state index in [-0.39, 0.29) is 0 Å². The second-order valence-electron chi connectivity index (χ2n) is 2.48. The molecule has 78 valence electrons. The number of rotatable bonds is 2. The number of ether oxygens (including phenoxy) is 1. The van der Waals surface area contributed by atoms with E-state index in [1.54, 1.807) is 0 Å². The van der Waals surface area contributed by atoms with Crippen LogP contribution in [0.3, 0.4) is 0 Å². The SMILES string of the molecule is Cc1c(F)c(F)c(F)c(F)c1OCO. The molecule has 1 N–H and O–H groups in total. The van der Waals surface area contributed by atoms with Crippen LogP contribution in [0, 0.1) is 30.2 Å². The Hall–Kier alpha value is -1.30. The molecule has 1 aromatic carbocycles. The van der Waals surface area contributed by atoms with Crippen LogP contribution in [0.5, 0.6) is 5.75 Å². The summed E-state index contributed by atoms with van der Waals surface area (Å²) in [5, 5.41) is 8.29. The fraction of sp³-hybridized carbons (Fsp3) is 0.250. The van der Waals surface area contributed by atoms with Crippen LogP contribution in [0.15, 0.2) is 0 Å². The minimum absolute atomic E-state index is 0.532. The second-order valence-corrected chi connectivity index (χ2v) is 2.48. The summed E-state index contributed by atoms with van der Waals surface area (Å²) in [6, 6.07) is 0. The first kappa shape index (κ1) is 10.8. The molecule has 0 amide bonds.